The van der Waals surface area contributed by atoms with Crippen molar-refractivity contribution >= 4 is 11.5 Å². The average Bonchev–Trinajstić information content (AvgIpc) is 2.71. The Morgan fingerprint density at radius 2 is 2.14 bits per heavy atom. The second-order valence-corrected chi connectivity index (χ2v) is 7.27. The molecule has 2 aromatic rings. The largest absolute Gasteiger partial charge is 0.383 e. The molecule has 1 saturated heterocycles. The fourth-order valence-corrected chi connectivity index (χ4v) is 3.57. The molecular formula is C20H30N6O2. The lowest BCUT2D eigenvalue weighted by Crippen LogP contribution is -2.41. The zero-order valence-corrected chi connectivity index (χ0v) is 17.3. The van der Waals surface area contributed by atoms with Gasteiger partial charge in [-0.05, 0) is 26.2 Å². The summed E-state index contributed by atoms with van der Waals surface area (Å²) in [6.07, 6.45) is 4.58. The summed E-state index contributed by atoms with van der Waals surface area (Å²) in [7, 11) is 3.60. The van der Waals surface area contributed by atoms with Crippen LogP contribution in [-0.2, 0) is 11.2 Å². The Morgan fingerprint density at radius 1 is 1.32 bits per heavy atom. The third-order valence-electron chi connectivity index (χ3n) is 5.19. The van der Waals surface area contributed by atoms with Gasteiger partial charge in [0.05, 0.1) is 24.5 Å². The van der Waals surface area contributed by atoms with Gasteiger partial charge in [0.1, 0.15) is 11.6 Å². The Balaban J connectivity index is 1.77. The molecule has 28 heavy (non-hydrogen) atoms. The predicted octanol–water partition coefficient (Wildman–Crippen LogP) is 1.83. The maximum Gasteiger partial charge on any atom is 0.269 e. The number of methoxy groups -OCH3 is 1. The lowest BCUT2D eigenvalue weighted by Gasteiger charge is -2.34. The van der Waals surface area contributed by atoms with Crippen molar-refractivity contribution < 1.29 is 4.74 Å². The van der Waals surface area contributed by atoms with Crippen LogP contribution >= 0.6 is 0 Å². The Labute approximate surface area is 166 Å². The number of nitrogens with zero attached hydrogens (tertiary/aromatic N) is 6. The summed E-state index contributed by atoms with van der Waals surface area (Å²) >= 11 is 0. The number of aryl methyl sites for hydroxylation is 2. The molecule has 3 heterocycles. The molecule has 1 aliphatic rings. The highest BCUT2D eigenvalue weighted by atomic mass is 16.5. The minimum atomic E-state index is -0.0678. The Kier molecular flexibility index (Phi) is 6.61. The number of hydrogen-bond donors (Lipinski definition) is 0. The first-order valence-corrected chi connectivity index (χ1v) is 9.90. The van der Waals surface area contributed by atoms with Crippen LogP contribution in [0.3, 0.4) is 0 Å². The van der Waals surface area contributed by atoms with Crippen LogP contribution in [0.15, 0.2) is 23.1 Å². The number of rotatable bonds is 7. The van der Waals surface area contributed by atoms with E-state index in [1.54, 1.807) is 24.1 Å². The quantitative estimate of drug-likeness (QED) is 0.718. The molecule has 1 atom stereocenters. The van der Waals surface area contributed by atoms with Crippen molar-refractivity contribution in [2.75, 3.05) is 50.2 Å². The molecule has 0 aliphatic carbocycles. The van der Waals surface area contributed by atoms with Crippen molar-refractivity contribution in [1.82, 2.24) is 19.7 Å². The topological polar surface area (TPSA) is 76.4 Å². The van der Waals surface area contributed by atoms with Crippen molar-refractivity contribution in [3.05, 3.63) is 40.2 Å². The van der Waals surface area contributed by atoms with Gasteiger partial charge in [-0.2, -0.15) is 5.10 Å². The third kappa shape index (κ3) is 4.67. The second-order valence-electron chi connectivity index (χ2n) is 7.27. The van der Waals surface area contributed by atoms with Crippen LogP contribution in [0.25, 0.3) is 0 Å². The van der Waals surface area contributed by atoms with E-state index in [0.717, 1.165) is 55.4 Å². The summed E-state index contributed by atoms with van der Waals surface area (Å²) in [5, 5.41) is 4.47. The van der Waals surface area contributed by atoms with Crippen molar-refractivity contribution in [3.8, 4) is 0 Å². The molecule has 0 N–H and O–H groups in total. The van der Waals surface area contributed by atoms with Crippen molar-refractivity contribution in [2.45, 2.75) is 39.2 Å². The molecule has 8 nitrogen and oxygen atoms in total. The van der Waals surface area contributed by atoms with E-state index in [1.165, 1.54) is 0 Å². The fourth-order valence-electron chi connectivity index (χ4n) is 3.57. The first kappa shape index (κ1) is 20.3. The minimum absolute atomic E-state index is 0.0416. The van der Waals surface area contributed by atoms with E-state index in [-0.39, 0.29) is 11.6 Å². The summed E-state index contributed by atoms with van der Waals surface area (Å²) in [6.45, 7) is 7.00. The van der Waals surface area contributed by atoms with Crippen LogP contribution < -0.4 is 15.4 Å². The first-order chi connectivity index (χ1) is 13.5. The number of aromatic nitrogens is 4. The SMILES string of the molecule is CCc1cc(N2CCC[C@@H](n3ncc(N(C)CCOC)cc3=O)C2)nc(C)n1. The van der Waals surface area contributed by atoms with E-state index in [4.69, 9.17) is 4.74 Å². The summed E-state index contributed by atoms with van der Waals surface area (Å²) < 4.78 is 6.72. The summed E-state index contributed by atoms with van der Waals surface area (Å²) in [4.78, 5) is 26.0. The van der Waals surface area contributed by atoms with Gasteiger partial charge in [0.2, 0.25) is 0 Å². The minimum Gasteiger partial charge on any atom is -0.383 e. The highest BCUT2D eigenvalue weighted by molar-refractivity contribution is 5.42. The lowest BCUT2D eigenvalue weighted by atomic mass is 10.1. The molecule has 0 amide bonds. The Morgan fingerprint density at radius 3 is 2.86 bits per heavy atom. The average molecular weight is 387 g/mol. The molecule has 0 spiro atoms. The van der Waals surface area contributed by atoms with Gasteiger partial charge in [0.15, 0.2) is 0 Å². The highest BCUT2D eigenvalue weighted by Gasteiger charge is 2.24. The maximum absolute atomic E-state index is 12.7. The molecule has 3 rings (SSSR count). The highest BCUT2D eigenvalue weighted by Crippen LogP contribution is 2.24. The Bertz CT molecular complexity index is 853. The van der Waals surface area contributed by atoms with Crippen molar-refractivity contribution in [2.24, 2.45) is 0 Å². The van der Waals surface area contributed by atoms with Crippen molar-refractivity contribution in [3.63, 3.8) is 0 Å². The predicted molar refractivity (Wildman–Crippen MR) is 110 cm³/mol. The van der Waals surface area contributed by atoms with Crippen LogP contribution in [0.1, 0.15) is 37.3 Å². The van der Waals surface area contributed by atoms with E-state index >= 15 is 0 Å². The van der Waals surface area contributed by atoms with Crippen LogP contribution in [-0.4, -0.2) is 60.1 Å². The van der Waals surface area contributed by atoms with E-state index in [1.807, 2.05) is 18.9 Å². The van der Waals surface area contributed by atoms with E-state index in [9.17, 15) is 4.79 Å². The second kappa shape index (κ2) is 9.14. The molecule has 2 aromatic heterocycles. The summed E-state index contributed by atoms with van der Waals surface area (Å²) in [5.41, 5.74) is 1.79. The first-order valence-electron chi connectivity index (χ1n) is 9.90. The number of piperidine rings is 1. The van der Waals surface area contributed by atoms with Gasteiger partial charge >= 0.3 is 0 Å². The molecule has 0 aromatic carbocycles. The van der Waals surface area contributed by atoms with Gasteiger partial charge in [0, 0.05) is 51.6 Å². The summed E-state index contributed by atoms with van der Waals surface area (Å²) in [6, 6.07) is 3.75. The zero-order chi connectivity index (χ0) is 20.1. The molecule has 0 saturated carbocycles. The smallest absolute Gasteiger partial charge is 0.269 e. The number of likely N-dealkylation sites (N-methyl/N-ethyl adjacent to an activating group) is 1. The van der Waals surface area contributed by atoms with Crippen LogP contribution in [0.2, 0.25) is 0 Å². The third-order valence-corrected chi connectivity index (χ3v) is 5.19. The molecule has 0 unspecified atom stereocenters. The molecule has 152 valence electrons. The van der Waals surface area contributed by atoms with Gasteiger partial charge in [-0.15, -0.1) is 0 Å². The normalized spacial score (nSPS) is 17.0. The number of hydrogen-bond acceptors (Lipinski definition) is 7. The van der Waals surface area contributed by atoms with Gasteiger partial charge in [-0.3, -0.25) is 4.79 Å². The number of ether oxygens (including phenoxy) is 1. The molecular weight excluding hydrogens is 356 g/mol. The van der Waals surface area contributed by atoms with E-state index in [0.29, 0.717) is 13.2 Å². The Hall–Kier alpha value is -2.48. The maximum atomic E-state index is 12.7. The van der Waals surface area contributed by atoms with Crippen LogP contribution in [0.4, 0.5) is 11.5 Å². The fraction of sp³-hybridized carbons (Fsp3) is 0.600. The van der Waals surface area contributed by atoms with Gasteiger partial charge in [-0.25, -0.2) is 14.6 Å². The van der Waals surface area contributed by atoms with Gasteiger partial charge in [-0.1, -0.05) is 6.92 Å². The summed E-state index contributed by atoms with van der Waals surface area (Å²) in [5.74, 6) is 1.73. The standard InChI is InChI=1S/C20H30N6O2/c1-5-16-11-19(23-15(2)22-16)25-8-6-7-17(14-25)26-20(27)12-18(13-21-26)24(3)9-10-28-4/h11-13,17H,5-10,14H2,1-4H3/t17-/m1/s1. The monoisotopic (exact) mass is 386 g/mol. The number of anilines is 2. The molecule has 1 fully saturated rings. The van der Waals surface area contributed by atoms with Gasteiger partial charge < -0.3 is 14.5 Å². The molecule has 1 aliphatic heterocycles. The van der Waals surface area contributed by atoms with E-state index in [2.05, 4.69) is 33.0 Å². The molecule has 8 heteroatoms. The lowest BCUT2D eigenvalue weighted by molar-refractivity contribution is 0.206. The van der Waals surface area contributed by atoms with E-state index < -0.39 is 0 Å². The molecule has 0 radical (unpaired) electrons. The molecule has 0 bridgehead atoms. The van der Waals surface area contributed by atoms with Crippen LogP contribution in [0, 0.1) is 6.92 Å². The zero-order valence-electron chi connectivity index (χ0n) is 17.3. The van der Waals surface area contributed by atoms with Crippen molar-refractivity contribution in [1.29, 1.82) is 0 Å². The van der Waals surface area contributed by atoms with Gasteiger partial charge in [0.25, 0.3) is 5.56 Å². The van der Waals surface area contributed by atoms with Crippen LogP contribution in [0.5, 0.6) is 0 Å².